The summed E-state index contributed by atoms with van der Waals surface area (Å²) >= 11 is 0. The van der Waals surface area contributed by atoms with Crippen molar-refractivity contribution in [3.8, 4) is 5.75 Å². The van der Waals surface area contributed by atoms with Crippen LogP contribution in [0.3, 0.4) is 0 Å². The highest BCUT2D eigenvalue weighted by Gasteiger charge is 2.22. The molecule has 0 saturated carbocycles. The van der Waals surface area contributed by atoms with Gasteiger partial charge in [0.25, 0.3) is 0 Å². The zero-order chi connectivity index (χ0) is 13.2. The van der Waals surface area contributed by atoms with Gasteiger partial charge in [0.05, 0.1) is 12.2 Å². The molecule has 0 unspecified atom stereocenters. The van der Waals surface area contributed by atoms with Gasteiger partial charge in [-0.1, -0.05) is 0 Å². The highest BCUT2D eigenvalue weighted by Crippen LogP contribution is 2.35. The summed E-state index contributed by atoms with van der Waals surface area (Å²) in [6.45, 7) is 5.54. The van der Waals surface area contributed by atoms with E-state index in [-0.39, 0.29) is 0 Å². The molecule has 2 heterocycles. The number of benzene rings is 1. The molecule has 2 aliphatic rings. The molecule has 3 nitrogen and oxygen atoms in total. The summed E-state index contributed by atoms with van der Waals surface area (Å²) in [4.78, 5) is 2.11. The lowest BCUT2D eigenvalue weighted by molar-refractivity contribution is 0.292. The summed E-state index contributed by atoms with van der Waals surface area (Å²) in [5, 5.41) is 3.41. The Hall–Kier alpha value is -1.29. The van der Waals surface area contributed by atoms with Crippen LogP contribution in [0.2, 0.25) is 0 Å². The van der Waals surface area contributed by atoms with Crippen LogP contribution < -0.4 is 15.0 Å². The molecule has 1 aromatic rings. The number of nitrogens with zero attached hydrogens (tertiary/aromatic N) is 1. The Morgan fingerprint density at radius 3 is 2.79 bits per heavy atom. The summed E-state index contributed by atoms with van der Waals surface area (Å²) in [5.41, 5.74) is 3.82. The molecule has 1 aromatic carbocycles. The number of anilines is 1. The maximum absolute atomic E-state index is 13.3. The Bertz CT molecular complexity index is 462. The van der Waals surface area contributed by atoms with Crippen LogP contribution in [0, 0.1) is 0 Å². The maximum Gasteiger partial charge on any atom is 0.142 e. The number of hydrogen-bond donors (Lipinski definition) is 1. The Kier molecular flexibility index (Phi) is 3.60. The molecular formula is C15H21FN2O. The van der Waals surface area contributed by atoms with E-state index in [4.69, 9.17) is 4.74 Å². The Morgan fingerprint density at radius 1 is 1.32 bits per heavy atom. The lowest BCUT2D eigenvalue weighted by Crippen LogP contribution is -2.36. The smallest absolute Gasteiger partial charge is 0.142 e. The van der Waals surface area contributed by atoms with Gasteiger partial charge in [0.1, 0.15) is 18.5 Å². The second-order valence-electron chi connectivity index (χ2n) is 5.41. The summed E-state index contributed by atoms with van der Waals surface area (Å²) in [5.74, 6) is 0.924. The molecule has 0 saturated heterocycles. The molecule has 3 rings (SSSR count). The summed E-state index contributed by atoms with van der Waals surface area (Å²) in [6.07, 6.45) is 1.28. The first kappa shape index (κ1) is 12.7. The van der Waals surface area contributed by atoms with Gasteiger partial charge in [-0.05, 0) is 56.1 Å². The van der Waals surface area contributed by atoms with E-state index in [0.29, 0.717) is 13.2 Å². The van der Waals surface area contributed by atoms with E-state index >= 15 is 0 Å². The van der Waals surface area contributed by atoms with Crippen molar-refractivity contribution < 1.29 is 9.13 Å². The van der Waals surface area contributed by atoms with Crippen LogP contribution in [-0.2, 0) is 12.8 Å². The predicted octanol–water partition coefficient (Wildman–Crippen LogP) is 1.93. The van der Waals surface area contributed by atoms with Gasteiger partial charge >= 0.3 is 0 Å². The first-order chi connectivity index (χ1) is 9.24. The fraction of sp³-hybridized carbons (Fsp3) is 0.600. The zero-order valence-corrected chi connectivity index (χ0v) is 11.4. The summed E-state index contributed by atoms with van der Waals surface area (Å²) in [7, 11) is 0. The van der Waals surface area contributed by atoms with Gasteiger partial charge in [0, 0.05) is 6.54 Å². The second-order valence-corrected chi connectivity index (χ2v) is 5.41. The molecule has 104 valence electrons. The lowest BCUT2D eigenvalue weighted by atomic mass is 10.0. The molecule has 0 fully saturated rings. The van der Waals surface area contributed by atoms with Gasteiger partial charge in [-0.25, -0.2) is 4.39 Å². The maximum atomic E-state index is 13.3. The minimum absolute atomic E-state index is 0.452. The van der Waals surface area contributed by atoms with Crippen molar-refractivity contribution in [3.05, 3.63) is 23.3 Å². The third-order valence-corrected chi connectivity index (χ3v) is 3.85. The second kappa shape index (κ2) is 5.37. The first-order valence-electron chi connectivity index (χ1n) is 7.12. The largest absolute Gasteiger partial charge is 0.490 e. The molecule has 2 aliphatic heterocycles. The van der Waals surface area contributed by atoms with E-state index in [1.54, 1.807) is 6.92 Å². The van der Waals surface area contributed by atoms with Crippen LogP contribution in [0.25, 0.3) is 0 Å². The van der Waals surface area contributed by atoms with Gasteiger partial charge < -0.3 is 15.0 Å². The van der Waals surface area contributed by atoms with Gasteiger partial charge in [0.15, 0.2) is 0 Å². The summed E-state index contributed by atoms with van der Waals surface area (Å²) in [6, 6.07) is 4.37. The van der Waals surface area contributed by atoms with Crippen LogP contribution in [-0.4, -0.2) is 39.0 Å². The molecule has 4 heteroatoms. The topological polar surface area (TPSA) is 24.5 Å². The molecule has 0 aliphatic carbocycles. The van der Waals surface area contributed by atoms with Gasteiger partial charge in [-0.3, -0.25) is 0 Å². The molecule has 0 amide bonds. The van der Waals surface area contributed by atoms with Crippen molar-refractivity contribution in [1.82, 2.24) is 5.32 Å². The Balaban J connectivity index is 1.95. The van der Waals surface area contributed by atoms with Crippen molar-refractivity contribution >= 4 is 5.69 Å². The molecule has 0 aromatic heterocycles. The number of nitrogens with one attached hydrogen (secondary N) is 1. The quantitative estimate of drug-likeness (QED) is 0.883. The lowest BCUT2D eigenvalue weighted by Gasteiger charge is -2.32. The Labute approximate surface area is 113 Å². The van der Waals surface area contributed by atoms with Crippen molar-refractivity contribution in [2.45, 2.75) is 25.9 Å². The molecule has 0 bridgehead atoms. The minimum Gasteiger partial charge on any atom is -0.490 e. The number of alkyl halides is 1. The standard InChI is InChI=1S/C15H21FN2O/c1-11(16)10-18-6-7-19-15-9-13-3-5-17-4-2-12(13)8-14(15)18/h8-9,11,17H,2-7,10H2,1H3/t11-/m0/s1. The van der Waals surface area contributed by atoms with E-state index in [9.17, 15) is 4.39 Å². The van der Waals surface area contributed by atoms with Gasteiger partial charge in [-0.15, -0.1) is 0 Å². The van der Waals surface area contributed by atoms with E-state index in [2.05, 4.69) is 22.3 Å². The molecule has 1 N–H and O–H groups in total. The zero-order valence-electron chi connectivity index (χ0n) is 11.4. The van der Waals surface area contributed by atoms with Crippen molar-refractivity contribution in [2.24, 2.45) is 0 Å². The number of halogens is 1. The van der Waals surface area contributed by atoms with E-state index in [1.165, 1.54) is 11.1 Å². The average Bonchev–Trinajstić information content (AvgIpc) is 2.61. The van der Waals surface area contributed by atoms with Gasteiger partial charge in [0.2, 0.25) is 0 Å². The monoisotopic (exact) mass is 264 g/mol. The molecule has 1 atom stereocenters. The average molecular weight is 264 g/mol. The van der Waals surface area contributed by atoms with E-state index in [0.717, 1.165) is 43.9 Å². The highest BCUT2D eigenvalue weighted by molar-refractivity contribution is 5.63. The molecule has 0 spiro atoms. The fourth-order valence-corrected chi connectivity index (χ4v) is 2.93. The first-order valence-corrected chi connectivity index (χ1v) is 7.12. The molecule has 0 radical (unpaired) electrons. The number of fused-ring (bicyclic) bond motifs is 2. The third kappa shape index (κ3) is 2.68. The normalized spacial score (nSPS) is 20.0. The van der Waals surface area contributed by atoms with Crippen LogP contribution in [0.1, 0.15) is 18.1 Å². The van der Waals surface area contributed by atoms with Crippen LogP contribution in [0.5, 0.6) is 5.75 Å². The third-order valence-electron chi connectivity index (χ3n) is 3.85. The van der Waals surface area contributed by atoms with Crippen molar-refractivity contribution in [2.75, 3.05) is 37.7 Å². The van der Waals surface area contributed by atoms with Crippen LogP contribution in [0.4, 0.5) is 10.1 Å². The van der Waals surface area contributed by atoms with E-state index in [1.807, 2.05) is 0 Å². The highest BCUT2D eigenvalue weighted by atomic mass is 19.1. The molecule has 19 heavy (non-hydrogen) atoms. The number of hydrogen-bond acceptors (Lipinski definition) is 3. The Morgan fingerprint density at radius 2 is 2.05 bits per heavy atom. The fourth-order valence-electron chi connectivity index (χ4n) is 2.93. The minimum atomic E-state index is -0.813. The van der Waals surface area contributed by atoms with Crippen LogP contribution in [0.15, 0.2) is 12.1 Å². The van der Waals surface area contributed by atoms with Crippen molar-refractivity contribution in [1.29, 1.82) is 0 Å². The molecular weight excluding hydrogens is 243 g/mol. The number of ether oxygens (including phenoxy) is 1. The van der Waals surface area contributed by atoms with E-state index < -0.39 is 6.17 Å². The van der Waals surface area contributed by atoms with Crippen LogP contribution >= 0.6 is 0 Å². The SMILES string of the molecule is C[C@H](F)CN1CCOc2cc3c(cc21)CCNCC3. The number of rotatable bonds is 2. The summed E-state index contributed by atoms with van der Waals surface area (Å²) < 4.78 is 19.0. The van der Waals surface area contributed by atoms with Crippen molar-refractivity contribution in [3.63, 3.8) is 0 Å². The predicted molar refractivity (Wildman–Crippen MR) is 75.0 cm³/mol. The van der Waals surface area contributed by atoms with Gasteiger partial charge in [-0.2, -0.15) is 0 Å².